The number of Topliss-reactive ketones (excluding diaryl/α,β-unsaturated/α-hetero) is 1. The first-order chi connectivity index (χ1) is 6.43. The van der Waals surface area contributed by atoms with Crippen molar-refractivity contribution in [1.29, 1.82) is 0 Å². The fourth-order valence-corrected chi connectivity index (χ4v) is 0.871. The Labute approximate surface area is 78.2 Å². The first-order valence-electron chi connectivity index (χ1n) is 3.64. The van der Waals surface area contributed by atoms with Gasteiger partial charge in [-0.15, -0.1) is 0 Å². The number of carbonyl (C=O) groups excluding carboxylic acids is 3. The van der Waals surface area contributed by atoms with Gasteiger partial charge in [-0.05, 0) is 6.92 Å². The molecule has 1 heterocycles. The number of ketones is 2. The number of hydrogen-bond acceptors (Lipinski definition) is 5. The Balaban J connectivity index is 2.80. The van der Waals surface area contributed by atoms with Crippen molar-refractivity contribution in [2.75, 3.05) is 0 Å². The van der Waals surface area contributed by atoms with Gasteiger partial charge in [0.1, 0.15) is 0 Å². The van der Waals surface area contributed by atoms with Gasteiger partial charge in [0.25, 0.3) is 0 Å². The zero-order chi connectivity index (χ0) is 10.9. The number of hydrogen-bond donors (Lipinski definition) is 1. The highest BCUT2D eigenvalue weighted by Gasteiger charge is 2.36. The summed E-state index contributed by atoms with van der Waals surface area (Å²) in [6, 6.07) is 0. The maximum absolute atomic E-state index is 11.1. The highest BCUT2D eigenvalue weighted by molar-refractivity contribution is 6.21. The van der Waals surface area contributed by atoms with Crippen molar-refractivity contribution in [1.82, 2.24) is 0 Å². The van der Waals surface area contributed by atoms with E-state index in [0.29, 0.717) is 0 Å². The van der Waals surface area contributed by atoms with E-state index in [2.05, 4.69) is 4.74 Å². The normalized spacial score (nSPS) is 18.6. The van der Waals surface area contributed by atoms with Gasteiger partial charge in [-0.2, -0.15) is 0 Å². The number of rotatable bonds is 4. The topological polar surface area (TPSA) is 101 Å². The number of aliphatic carboxylic acids is 1. The lowest BCUT2D eigenvalue weighted by atomic mass is 10.00. The molecule has 0 spiro atoms. The largest absolute Gasteiger partial charge is 0.480 e. The molecule has 1 saturated heterocycles. The van der Waals surface area contributed by atoms with E-state index in [0.717, 1.165) is 13.0 Å². The predicted octanol–water partition coefficient (Wildman–Crippen LogP) is -0.714. The Morgan fingerprint density at radius 1 is 1.43 bits per heavy atom. The number of epoxide rings is 1. The van der Waals surface area contributed by atoms with Crippen molar-refractivity contribution < 1.29 is 29.0 Å². The van der Waals surface area contributed by atoms with E-state index in [1.54, 1.807) is 0 Å². The summed E-state index contributed by atoms with van der Waals surface area (Å²) in [5.74, 6) is -5.90. The van der Waals surface area contributed by atoms with Gasteiger partial charge in [0.05, 0.1) is 0 Å². The molecule has 1 atom stereocenters. The van der Waals surface area contributed by atoms with Crippen LogP contribution in [0.3, 0.4) is 0 Å². The number of carbonyl (C=O) groups is 4. The Bertz CT molecular complexity index is 350. The summed E-state index contributed by atoms with van der Waals surface area (Å²) in [7, 11) is 0. The van der Waals surface area contributed by atoms with Gasteiger partial charge in [-0.3, -0.25) is 14.4 Å². The second-order valence-electron chi connectivity index (χ2n) is 2.68. The first-order valence-corrected chi connectivity index (χ1v) is 3.64. The van der Waals surface area contributed by atoms with Crippen molar-refractivity contribution in [2.24, 2.45) is 5.92 Å². The molecule has 1 N–H and O–H groups in total. The minimum Gasteiger partial charge on any atom is -0.480 e. The van der Waals surface area contributed by atoms with Gasteiger partial charge < -0.3 is 9.84 Å². The molecule has 0 saturated carbocycles. The summed E-state index contributed by atoms with van der Waals surface area (Å²) < 4.78 is 4.19. The molecule has 0 aromatic carbocycles. The molecule has 1 fully saturated rings. The molecule has 0 radical (unpaired) electrons. The summed E-state index contributed by atoms with van der Waals surface area (Å²) >= 11 is 0. The van der Waals surface area contributed by atoms with E-state index >= 15 is 0 Å². The monoisotopic (exact) mass is 198 g/mol. The standard InChI is InChI=1S/C8H6O6/c1-3(9)6(7(11)12)4(10)2-5-8(13)14-5/h2,6H,1H3,(H,11,12)/b5-2-/t6-/m1/s1. The lowest BCUT2D eigenvalue weighted by Gasteiger charge is -2.01. The summed E-state index contributed by atoms with van der Waals surface area (Å²) in [6.45, 7) is 0.991. The molecule has 14 heavy (non-hydrogen) atoms. The van der Waals surface area contributed by atoms with Crippen molar-refractivity contribution >= 4 is 23.5 Å². The van der Waals surface area contributed by atoms with E-state index in [1.165, 1.54) is 0 Å². The molecule has 6 heteroatoms. The molecule has 0 aromatic rings. The highest BCUT2D eigenvalue weighted by Crippen LogP contribution is 2.18. The second kappa shape index (κ2) is 3.41. The fraction of sp³-hybridized carbons (Fsp3) is 0.250. The zero-order valence-electron chi connectivity index (χ0n) is 7.14. The van der Waals surface area contributed by atoms with E-state index in [4.69, 9.17) is 5.11 Å². The maximum Gasteiger partial charge on any atom is 0.380 e. The molecular formula is C8H6O6. The molecular weight excluding hydrogens is 192 g/mol. The minimum atomic E-state index is -1.75. The van der Waals surface area contributed by atoms with Crippen LogP contribution in [0.1, 0.15) is 6.92 Å². The van der Waals surface area contributed by atoms with E-state index < -0.39 is 29.4 Å². The molecule has 1 rings (SSSR count). The van der Waals surface area contributed by atoms with Gasteiger partial charge in [0, 0.05) is 6.08 Å². The zero-order valence-corrected chi connectivity index (χ0v) is 7.14. The van der Waals surface area contributed by atoms with Crippen LogP contribution < -0.4 is 0 Å². The quantitative estimate of drug-likeness (QED) is 0.363. The maximum atomic E-state index is 11.1. The Morgan fingerprint density at radius 2 is 1.93 bits per heavy atom. The van der Waals surface area contributed by atoms with E-state index in [9.17, 15) is 19.2 Å². The van der Waals surface area contributed by atoms with E-state index in [-0.39, 0.29) is 5.76 Å². The number of cyclic esters (lactones) is 1. The smallest absolute Gasteiger partial charge is 0.380 e. The second-order valence-corrected chi connectivity index (χ2v) is 2.68. The van der Waals surface area contributed by atoms with Crippen LogP contribution in [0, 0.1) is 5.92 Å². The molecule has 6 nitrogen and oxygen atoms in total. The molecule has 1 aliphatic heterocycles. The lowest BCUT2D eigenvalue weighted by Crippen LogP contribution is -2.28. The average Bonchev–Trinajstić information content (AvgIpc) is 2.63. The van der Waals surface area contributed by atoms with Crippen LogP contribution in [0.4, 0.5) is 0 Å². The van der Waals surface area contributed by atoms with Gasteiger partial charge in [-0.1, -0.05) is 0 Å². The third kappa shape index (κ3) is 2.03. The van der Waals surface area contributed by atoms with E-state index in [1.807, 2.05) is 0 Å². The molecule has 0 aliphatic carbocycles. The van der Waals surface area contributed by atoms with Gasteiger partial charge in [0.2, 0.25) is 5.76 Å². The van der Waals surface area contributed by atoms with Gasteiger partial charge in [-0.25, -0.2) is 4.79 Å². The first kappa shape index (κ1) is 10.1. The average molecular weight is 198 g/mol. The number of carboxylic acid groups (broad SMARTS) is 1. The van der Waals surface area contributed by atoms with Crippen molar-refractivity contribution in [3.8, 4) is 0 Å². The molecule has 74 valence electrons. The summed E-state index contributed by atoms with van der Waals surface area (Å²) in [6.07, 6.45) is 0.725. The van der Waals surface area contributed by atoms with Crippen LogP contribution >= 0.6 is 0 Å². The molecule has 0 aromatic heterocycles. The summed E-state index contributed by atoms with van der Waals surface area (Å²) in [4.78, 5) is 42.6. The van der Waals surface area contributed by atoms with Crippen LogP contribution in [0.15, 0.2) is 11.8 Å². The third-order valence-electron chi connectivity index (χ3n) is 1.57. The summed E-state index contributed by atoms with van der Waals surface area (Å²) in [5.41, 5.74) is 0. The van der Waals surface area contributed by atoms with Crippen LogP contribution in [0.2, 0.25) is 0 Å². The molecule has 0 amide bonds. The number of allylic oxidation sites excluding steroid dienone is 1. The number of ether oxygens (including phenoxy) is 1. The Kier molecular flexibility index (Phi) is 2.46. The molecule has 0 bridgehead atoms. The summed E-state index contributed by atoms with van der Waals surface area (Å²) in [5, 5.41) is 8.52. The SMILES string of the molecule is CC(=O)[C@@H](C(=O)O)C(=O)/C=C1\OC1=O. The van der Waals surface area contributed by atoms with Crippen molar-refractivity contribution in [2.45, 2.75) is 6.92 Å². The van der Waals surface area contributed by atoms with Crippen molar-refractivity contribution in [3.63, 3.8) is 0 Å². The third-order valence-corrected chi connectivity index (χ3v) is 1.57. The van der Waals surface area contributed by atoms with Gasteiger partial charge in [0.15, 0.2) is 17.5 Å². The van der Waals surface area contributed by atoms with Crippen LogP contribution in [-0.4, -0.2) is 28.6 Å². The van der Waals surface area contributed by atoms with Crippen molar-refractivity contribution in [3.05, 3.63) is 11.8 Å². The molecule has 1 aliphatic rings. The van der Waals surface area contributed by atoms with Crippen LogP contribution in [0.5, 0.6) is 0 Å². The van der Waals surface area contributed by atoms with Crippen LogP contribution in [-0.2, 0) is 23.9 Å². The Morgan fingerprint density at radius 3 is 2.21 bits per heavy atom. The highest BCUT2D eigenvalue weighted by atomic mass is 16.6. The lowest BCUT2D eigenvalue weighted by molar-refractivity contribution is -0.148. The molecule has 0 unspecified atom stereocenters. The van der Waals surface area contributed by atoms with Gasteiger partial charge >= 0.3 is 11.9 Å². The number of carboxylic acids is 1. The Hall–Kier alpha value is -1.98. The minimum absolute atomic E-state index is 0.206. The van der Waals surface area contributed by atoms with Crippen LogP contribution in [0.25, 0.3) is 0 Å². The predicted molar refractivity (Wildman–Crippen MR) is 41.0 cm³/mol. The fourth-order valence-electron chi connectivity index (χ4n) is 0.871.